The van der Waals surface area contributed by atoms with Gasteiger partial charge in [-0.15, -0.1) is 0 Å². The van der Waals surface area contributed by atoms with Crippen LogP contribution in [0.15, 0.2) is 47.5 Å². The molecule has 0 unspecified atom stereocenters. The molecule has 0 atom stereocenters. The van der Waals surface area contributed by atoms with Crippen molar-refractivity contribution in [3.05, 3.63) is 64.3 Å². The van der Waals surface area contributed by atoms with E-state index < -0.39 is 5.97 Å². The number of carbonyl (C=O) groups is 1. The highest BCUT2D eigenvalue weighted by atomic mass is 16.4. The first-order valence-electron chi connectivity index (χ1n) is 6.00. The van der Waals surface area contributed by atoms with Crippen molar-refractivity contribution in [2.45, 2.75) is 6.54 Å². The van der Waals surface area contributed by atoms with Crippen molar-refractivity contribution in [3.63, 3.8) is 0 Å². The molecule has 1 aromatic carbocycles. The maximum Gasteiger partial charge on any atom is 0.335 e. The quantitative estimate of drug-likeness (QED) is 0.753. The van der Waals surface area contributed by atoms with Crippen molar-refractivity contribution in [2.75, 3.05) is 0 Å². The normalized spacial score (nSPS) is 10.8. The number of hydrogen-bond donors (Lipinski definition) is 2. The Balaban J connectivity index is 2.10. The molecule has 0 fully saturated rings. The van der Waals surface area contributed by atoms with Gasteiger partial charge in [0.15, 0.2) is 0 Å². The number of nitrogens with one attached hydrogen (secondary N) is 1. The van der Waals surface area contributed by atoms with Crippen LogP contribution in [0.5, 0.6) is 0 Å². The summed E-state index contributed by atoms with van der Waals surface area (Å²) in [6.07, 6.45) is 3.36. The van der Waals surface area contributed by atoms with Gasteiger partial charge in [0.1, 0.15) is 0 Å². The molecule has 0 aliphatic heterocycles. The summed E-state index contributed by atoms with van der Waals surface area (Å²) in [5.74, 6) is -1.02. The summed E-state index contributed by atoms with van der Waals surface area (Å²) in [5.41, 5.74) is 1.96. The molecule has 100 valence electrons. The molecule has 3 rings (SSSR count). The molecule has 20 heavy (non-hydrogen) atoms. The van der Waals surface area contributed by atoms with Crippen LogP contribution in [0.25, 0.3) is 11.0 Å². The molecule has 0 radical (unpaired) electrons. The number of nitrogens with zero attached hydrogens (tertiary/aromatic N) is 2. The number of carboxylic acid groups (broad SMARTS) is 1. The minimum absolute atomic E-state index is 0.146. The number of benzene rings is 1. The van der Waals surface area contributed by atoms with Gasteiger partial charge in [-0.1, -0.05) is 6.07 Å². The molecule has 3 aromatic rings. The molecule has 0 saturated carbocycles. The van der Waals surface area contributed by atoms with Crippen LogP contribution in [-0.2, 0) is 6.54 Å². The molecule has 6 heteroatoms. The van der Waals surface area contributed by atoms with E-state index in [0.29, 0.717) is 17.6 Å². The second-order valence-corrected chi connectivity index (χ2v) is 4.41. The van der Waals surface area contributed by atoms with Crippen molar-refractivity contribution < 1.29 is 9.90 Å². The Morgan fingerprint density at radius 3 is 2.90 bits per heavy atom. The van der Waals surface area contributed by atoms with Crippen molar-refractivity contribution in [2.24, 2.45) is 0 Å². The SMILES string of the molecule is O=C(O)c1ccc2c(c1)[nH]c(=O)n2Cc1cccnc1. The van der Waals surface area contributed by atoms with E-state index in [1.807, 2.05) is 6.07 Å². The molecular weight excluding hydrogens is 258 g/mol. The first-order valence-corrected chi connectivity index (χ1v) is 6.00. The zero-order chi connectivity index (χ0) is 14.1. The van der Waals surface area contributed by atoms with Gasteiger partial charge in [0.2, 0.25) is 0 Å². The van der Waals surface area contributed by atoms with Crippen LogP contribution in [0.4, 0.5) is 0 Å². The first-order chi connectivity index (χ1) is 9.65. The van der Waals surface area contributed by atoms with Gasteiger partial charge in [-0.05, 0) is 29.8 Å². The zero-order valence-electron chi connectivity index (χ0n) is 10.4. The Bertz CT molecular complexity index is 834. The summed E-state index contributed by atoms with van der Waals surface area (Å²) in [5, 5.41) is 8.95. The zero-order valence-corrected chi connectivity index (χ0v) is 10.4. The standard InChI is InChI=1S/C14H11N3O3/c18-13(19)10-3-4-12-11(6-10)16-14(20)17(12)8-9-2-1-5-15-7-9/h1-7H,8H2,(H,16,20)(H,18,19). The molecule has 2 N–H and O–H groups in total. The number of aromatic nitrogens is 3. The van der Waals surface area contributed by atoms with E-state index in [-0.39, 0.29) is 11.3 Å². The van der Waals surface area contributed by atoms with Crippen molar-refractivity contribution in [3.8, 4) is 0 Å². The van der Waals surface area contributed by atoms with Crippen molar-refractivity contribution in [1.29, 1.82) is 0 Å². The number of rotatable bonds is 3. The predicted molar refractivity (Wildman–Crippen MR) is 72.9 cm³/mol. The Morgan fingerprint density at radius 1 is 1.35 bits per heavy atom. The second-order valence-electron chi connectivity index (χ2n) is 4.41. The van der Waals surface area contributed by atoms with Gasteiger partial charge in [-0.25, -0.2) is 9.59 Å². The van der Waals surface area contributed by atoms with E-state index >= 15 is 0 Å². The summed E-state index contributed by atoms with van der Waals surface area (Å²) in [6, 6.07) is 8.26. The molecule has 0 bridgehead atoms. The average Bonchev–Trinajstić information content (AvgIpc) is 2.75. The lowest BCUT2D eigenvalue weighted by atomic mass is 10.2. The fourth-order valence-electron chi connectivity index (χ4n) is 2.13. The van der Waals surface area contributed by atoms with E-state index in [0.717, 1.165) is 5.56 Å². The Kier molecular flexibility index (Phi) is 2.83. The van der Waals surface area contributed by atoms with Gasteiger partial charge in [-0.2, -0.15) is 0 Å². The first kappa shape index (κ1) is 12.2. The Morgan fingerprint density at radius 2 is 2.20 bits per heavy atom. The number of aromatic amines is 1. The lowest BCUT2D eigenvalue weighted by molar-refractivity contribution is 0.0697. The average molecular weight is 269 g/mol. The smallest absolute Gasteiger partial charge is 0.335 e. The number of aromatic carboxylic acids is 1. The van der Waals surface area contributed by atoms with E-state index in [1.54, 1.807) is 29.1 Å². The molecule has 0 spiro atoms. The van der Waals surface area contributed by atoms with Crippen LogP contribution in [-0.4, -0.2) is 25.6 Å². The highest BCUT2D eigenvalue weighted by Gasteiger charge is 2.10. The van der Waals surface area contributed by atoms with Crippen LogP contribution in [0, 0.1) is 0 Å². The number of imidazole rings is 1. The van der Waals surface area contributed by atoms with Crippen LogP contribution in [0.3, 0.4) is 0 Å². The summed E-state index contributed by atoms with van der Waals surface area (Å²) in [7, 11) is 0. The molecule has 6 nitrogen and oxygen atoms in total. The summed E-state index contributed by atoms with van der Waals surface area (Å²) >= 11 is 0. The fraction of sp³-hybridized carbons (Fsp3) is 0.0714. The third kappa shape index (κ3) is 2.07. The van der Waals surface area contributed by atoms with Gasteiger partial charge in [0, 0.05) is 12.4 Å². The van der Waals surface area contributed by atoms with Gasteiger partial charge >= 0.3 is 11.7 Å². The molecular formula is C14H11N3O3. The van der Waals surface area contributed by atoms with Crippen LogP contribution in [0.1, 0.15) is 15.9 Å². The maximum atomic E-state index is 12.0. The number of hydrogen-bond acceptors (Lipinski definition) is 3. The minimum atomic E-state index is -1.02. The Labute approximate surface area is 113 Å². The van der Waals surface area contributed by atoms with E-state index in [2.05, 4.69) is 9.97 Å². The largest absolute Gasteiger partial charge is 0.478 e. The third-order valence-electron chi connectivity index (χ3n) is 3.08. The summed E-state index contributed by atoms with van der Waals surface area (Å²) in [4.78, 5) is 29.6. The highest BCUT2D eigenvalue weighted by molar-refractivity contribution is 5.92. The third-order valence-corrected chi connectivity index (χ3v) is 3.08. The van der Waals surface area contributed by atoms with E-state index in [4.69, 9.17) is 5.11 Å². The van der Waals surface area contributed by atoms with E-state index in [9.17, 15) is 9.59 Å². The molecule has 2 aromatic heterocycles. The molecule has 0 aliphatic rings. The molecule has 0 amide bonds. The van der Waals surface area contributed by atoms with E-state index in [1.165, 1.54) is 12.1 Å². The number of carboxylic acids is 1. The topological polar surface area (TPSA) is 88.0 Å². The van der Waals surface area contributed by atoms with Gasteiger partial charge < -0.3 is 10.1 Å². The van der Waals surface area contributed by atoms with Crippen LogP contribution >= 0.6 is 0 Å². The fourth-order valence-corrected chi connectivity index (χ4v) is 2.13. The van der Waals surface area contributed by atoms with Gasteiger partial charge in [-0.3, -0.25) is 9.55 Å². The predicted octanol–water partition coefficient (Wildman–Crippen LogP) is 1.47. The van der Waals surface area contributed by atoms with Gasteiger partial charge in [0.05, 0.1) is 23.1 Å². The molecule has 2 heterocycles. The Hall–Kier alpha value is -2.89. The highest BCUT2D eigenvalue weighted by Crippen LogP contribution is 2.14. The lowest BCUT2D eigenvalue weighted by Crippen LogP contribution is -2.17. The second kappa shape index (κ2) is 4.65. The number of H-pyrrole nitrogens is 1. The van der Waals surface area contributed by atoms with Crippen LogP contribution < -0.4 is 5.69 Å². The summed E-state index contributed by atoms with van der Waals surface area (Å²) in [6.45, 7) is 0.388. The monoisotopic (exact) mass is 269 g/mol. The minimum Gasteiger partial charge on any atom is -0.478 e. The number of pyridine rings is 1. The van der Waals surface area contributed by atoms with Crippen molar-refractivity contribution >= 4 is 17.0 Å². The lowest BCUT2D eigenvalue weighted by Gasteiger charge is -2.03. The maximum absolute atomic E-state index is 12.0. The van der Waals surface area contributed by atoms with Crippen LogP contribution in [0.2, 0.25) is 0 Å². The number of fused-ring (bicyclic) bond motifs is 1. The molecule has 0 aliphatic carbocycles. The van der Waals surface area contributed by atoms with Crippen molar-refractivity contribution in [1.82, 2.24) is 14.5 Å². The molecule has 0 saturated heterocycles. The summed E-state index contributed by atoms with van der Waals surface area (Å²) < 4.78 is 1.55. The van der Waals surface area contributed by atoms with Gasteiger partial charge in [0.25, 0.3) is 0 Å².